The Morgan fingerprint density at radius 2 is 2.12 bits per heavy atom. The number of likely N-dealkylation sites (tertiary alicyclic amines) is 1. The van der Waals surface area contributed by atoms with Gasteiger partial charge in [-0.25, -0.2) is 4.79 Å². The first kappa shape index (κ1) is 17.7. The summed E-state index contributed by atoms with van der Waals surface area (Å²) in [6.07, 6.45) is 3.06. The van der Waals surface area contributed by atoms with Crippen molar-refractivity contribution < 1.29 is 9.53 Å². The van der Waals surface area contributed by atoms with Gasteiger partial charge >= 0.3 is 6.09 Å². The molecule has 8 nitrogen and oxygen atoms in total. The predicted octanol–water partition coefficient (Wildman–Crippen LogP) is 2.84. The number of aromatic nitrogens is 4. The van der Waals surface area contributed by atoms with Crippen molar-refractivity contribution in [2.45, 2.75) is 39.2 Å². The summed E-state index contributed by atoms with van der Waals surface area (Å²) in [7, 11) is 0. The zero-order valence-corrected chi connectivity index (χ0v) is 15.5. The maximum absolute atomic E-state index is 12.1. The van der Waals surface area contributed by atoms with Crippen molar-refractivity contribution in [3.05, 3.63) is 17.5 Å². The summed E-state index contributed by atoms with van der Waals surface area (Å²) in [5.74, 6) is 1.70. The minimum Gasteiger partial charge on any atom is -0.444 e. The van der Waals surface area contributed by atoms with Crippen LogP contribution in [0.1, 0.15) is 33.6 Å². The van der Waals surface area contributed by atoms with Crippen LogP contribution in [0.25, 0.3) is 5.78 Å². The van der Waals surface area contributed by atoms with E-state index in [9.17, 15) is 4.79 Å². The van der Waals surface area contributed by atoms with Crippen LogP contribution in [-0.2, 0) is 4.74 Å². The number of rotatable bonds is 3. The standard InChI is InChI=1S/C16H23ClN6O2/c1-16(2,3)25-15(24)22-6-4-11(5-7-22)9-18-13-8-12(17)21-14-19-10-20-23(13)14/h8,10-11,18H,4-7,9H2,1-3H3. The van der Waals surface area contributed by atoms with E-state index < -0.39 is 5.60 Å². The van der Waals surface area contributed by atoms with E-state index in [0.717, 1.165) is 25.2 Å². The number of nitrogens with zero attached hydrogens (tertiary/aromatic N) is 5. The van der Waals surface area contributed by atoms with Gasteiger partial charge in [0.15, 0.2) is 0 Å². The van der Waals surface area contributed by atoms with Crippen LogP contribution in [0.4, 0.5) is 10.6 Å². The molecule has 1 fully saturated rings. The number of hydrogen-bond acceptors (Lipinski definition) is 6. The molecular formula is C16H23ClN6O2. The third kappa shape index (κ3) is 4.50. The Bertz CT molecular complexity index is 749. The summed E-state index contributed by atoms with van der Waals surface area (Å²) in [5, 5.41) is 7.89. The van der Waals surface area contributed by atoms with Crippen molar-refractivity contribution in [3.8, 4) is 0 Å². The number of carbonyl (C=O) groups is 1. The second-order valence-electron chi connectivity index (χ2n) is 7.23. The summed E-state index contributed by atoms with van der Waals surface area (Å²) in [6, 6.07) is 1.74. The molecule has 1 saturated heterocycles. The molecule has 0 radical (unpaired) electrons. The number of fused-ring (bicyclic) bond motifs is 1. The molecule has 136 valence electrons. The molecule has 1 amide bonds. The van der Waals surface area contributed by atoms with Gasteiger partial charge < -0.3 is 15.0 Å². The lowest BCUT2D eigenvalue weighted by Gasteiger charge is -2.33. The zero-order valence-electron chi connectivity index (χ0n) is 14.7. The average Bonchev–Trinajstić information content (AvgIpc) is 2.99. The smallest absolute Gasteiger partial charge is 0.410 e. The third-order valence-corrected chi connectivity index (χ3v) is 4.25. The van der Waals surface area contributed by atoms with Gasteiger partial charge in [-0.05, 0) is 39.5 Å². The summed E-state index contributed by atoms with van der Waals surface area (Å²) < 4.78 is 7.05. The van der Waals surface area contributed by atoms with Crippen molar-refractivity contribution in [2.24, 2.45) is 5.92 Å². The number of hydrogen-bond donors (Lipinski definition) is 1. The molecule has 0 aromatic carbocycles. The number of ether oxygens (including phenoxy) is 1. The molecule has 25 heavy (non-hydrogen) atoms. The van der Waals surface area contributed by atoms with Crippen LogP contribution >= 0.6 is 11.6 Å². The van der Waals surface area contributed by atoms with Gasteiger partial charge in [0.05, 0.1) is 0 Å². The Balaban J connectivity index is 1.52. The highest BCUT2D eigenvalue weighted by atomic mass is 35.5. The first-order valence-electron chi connectivity index (χ1n) is 8.40. The maximum atomic E-state index is 12.1. The summed E-state index contributed by atoms with van der Waals surface area (Å²) in [5.41, 5.74) is -0.459. The van der Waals surface area contributed by atoms with Crippen LogP contribution in [0.5, 0.6) is 0 Å². The zero-order chi connectivity index (χ0) is 18.0. The lowest BCUT2D eigenvalue weighted by molar-refractivity contribution is 0.0188. The Hall–Kier alpha value is -2.09. The molecule has 3 rings (SSSR count). The number of piperidine rings is 1. The van der Waals surface area contributed by atoms with Crippen molar-refractivity contribution in [3.63, 3.8) is 0 Å². The molecule has 0 atom stereocenters. The second-order valence-corrected chi connectivity index (χ2v) is 7.61. The molecule has 9 heteroatoms. The van der Waals surface area contributed by atoms with E-state index in [4.69, 9.17) is 16.3 Å². The fourth-order valence-electron chi connectivity index (χ4n) is 2.80. The number of nitrogens with one attached hydrogen (secondary N) is 1. The second kappa shape index (κ2) is 7.03. The Kier molecular flexibility index (Phi) is 4.99. The topological polar surface area (TPSA) is 84.6 Å². The van der Waals surface area contributed by atoms with Gasteiger partial charge in [0.1, 0.15) is 22.9 Å². The van der Waals surface area contributed by atoms with Crippen LogP contribution in [-0.4, -0.2) is 55.8 Å². The van der Waals surface area contributed by atoms with Crippen LogP contribution in [0, 0.1) is 5.92 Å². The van der Waals surface area contributed by atoms with E-state index in [1.165, 1.54) is 6.33 Å². The molecule has 0 saturated carbocycles. The molecular weight excluding hydrogens is 344 g/mol. The van der Waals surface area contributed by atoms with E-state index in [1.807, 2.05) is 20.8 Å². The van der Waals surface area contributed by atoms with E-state index in [1.54, 1.807) is 15.5 Å². The molecule has 1 aliphatic heterocycles. The van der Waals surface area contributed by atoms with E-state index in [-0.39, 0.29) is 6.09 Å². The molecule has 0 spiro atoms. The average molecular weight is 367 g/mol. The predicted molar refractivity (Wildman–Crippen MR) is 94.8 cm³/mol. The van der Waals surface area contributed by atoms with E-state index in [0.29, 0.717) is 29.9 Å². The summed E-state index contributed by atoms with van der Waals surface area (Å²) >= 11 is 6.02. The van der Waals surface area contributed by atoms with Crippen molar-refractivity contribution in [1.82, 2.24) is 24.5 Å². The van der Waals surface area contributed by atoms with Crippen LogP contribution in [0.15, 0.2) is 12.4 Å². The summed E-state index contributed by atoms with van der Waals surface area (Å²) in [4.78, 5) is 22.0. The lowest BCUT2D eigenvalue weighted by atomic mass is 9.97. The molecule has 2 aromatic rings. The fourth-order valence-corrected chi connectivity index (χ4v) is 2.98. The van der Waals surface area contributed by atoms with Crippen molar-refractivity contribution in [2.75, 3.05) is 25.0 Å². The van der Waals surface area contributed by atoms with Crippen molar-refractivity contribution in [1.29, 1.82) is 0 Å². The highest BCUT2D eigenvalue weighted by molar-refractivity contribution is 6.29. The third-order valence-electron chi connectivity index (χ3n) is 4.06. The highest BCUT2D eigenvalue weighted by Gasteiger charge is 2.26. The molecule has 2 aromatic heterocycles. The van der Waals surface area contributed by atoms with E-state index in [2.05, 4.69) is 20.4 Å². The van der Waals surface area contributed by atoms with Gasteiger partial charge in [0.25, 0.3) is 5.78 Å². The first-order valence-corrected chi connectivity index (χ1v) is 8.78. The van der Waals surface area contributed by atoms with Gasteiger partial charge in [0.2, 0.25) is 0 Å². The SMILES string of the molecule is CC(C)(C)OC(=O)N1CCC(CNc2cc(Cl)nc3ncnn23)CC1. The van der Waals surface area contributed by atoms with Gasteiger partial charge in [-0.1, -0.05) is 11.6 Å². The number of carbonyl (C=O) groups excluding carboxylic acids is 1. The molecule has 3 heterocycles. The minimum absolute atomic E-state index is 0.232. The van der Waals surface area contributed by atoms with Gasteiger partial charge in [-0.3, -0.25) is 0 Å². The monoisotopic (exact) mass is 366 g/mol. The molecule has 0 unspecified atom stereocenters. The normalized spacial score (nSPS) is 16.2. The Labute approximate surface area is 151 Å². The maximum Gasteiger partial charge on any atom is 0.410 e. The summed E-state index contributed by atoms with van der Waals surface area (Å²) in [6.45, 7) is 7.83. The largest absolute Gasteiger partial charge is 0.444 e. The molecule has 0 bridgehead atoms. The molecule has 0 aliphatic carbocycles. The lowest BCUT2D eigenvalue weighted by Crippen LogP contribution is -2.42. The molecule has 1 aliphatic rings. The van der Waals surface area contributed by atoms with Gasteiger partial charge in [-0.2, -0.15) is 19.6 Å². The van der Waals surface area contributed by atoms with Crippen molar-refractivity contribution >= 4 is 29.3 Å². The number of amides is 1. The first-order chi connectivity index (χ1) is 11.8. The van der Waals surface area contributed by atoms with Crippen LogP contribution in [0.3, 0.4) is 0 Å². The minimum atomic E-state index is -0.459. The van der Waals surface area contributed by atoms with Crippen LogP contribution < -0.4 is 5.32 Å². The van der Waals surface area contributed by atoms with E-state index >= 15 is 0 Å². The molecule has 1 N–H and O–H groups in total. The van der Waals surface area contributed by atoms with Crippen LogP contribution in [0.2, 0.25) is 5.15 Å². The Morgan fingerprint density at radius 1 is 1.40 bits per heavy atom. The van der Waals surface area contributed by atoms with Gasteiger partial charge in [0, 0.05) is 25.7 Å². The van der Waals surface area contributed by atoms with Gasteiger partial charge in [-0.15, -0.1) is 0 Å². The highest BCUT2D eigenvalue weighted by Crippen LogP contribution is 2.21. The number of anilines is 1. The number of halogens is 1. The Morgan fingerprint density at radius 3 is 2.80 bits per heavy atom. The fraction of sp³-hybridized carbons (Fsp3) is 0.625. The quantitative estimate of drug-likeness (QED) is 0.841.